The van der Waals surface area contributed by atoms with Crippen molar-refractivity contribution in [3.63, 3.8) is 0 Å². The molecule has 1 saturated heterocycles. The van der Waals surface area contributed by atoms with Crippen LogP contribution in [0.4, 0.5) is 0 Å². The fourth-order valence-electron chi connectivity index (χ4n) is 1.03. The Balaban J connectivity index is 2.05. The summed E-state index contributed by atoms with van der Waals surface area (Å²) in [4.78, 5) is 7.61. The molecule has 0 radical (unpaired) electrons. The minimum atomic E-state index is -0.309. The van der Waals surface area contributed by atoms with E-state index in [9.17, 15) is 0 Å². The Hall–Kier alpha value is -1.36. The van der Waals surface area contributed by atoms with Crippen LogP contribution in [0, 0.1) is 0 Å². The fraction of sp³-hybridized carbons (Fsp3) is 0.500. The van der Waals surface area contributed by atoms with Gasteiger partial charge in [0.15, 0.2) is 11.4 Å². The Morgan fingerprint density at radius 3 is 2.54 bits per heavy atom. The van der Waals surface area contributed by atoms with Gasteiger partial charge in [-0.1, -0.05) is 0 Å². The molecule has 0 saturated carbocycles. The van der Waals surface area contributed by atoms with Crippen molar-refractivity contribution in [1.82, 2.24) is 9.97 Å². The van der Waals surface area contributed by atoms with E-state index in [4.69, 9.17) is 14.6 Å². The second kappa shape index (κ2) is 2.85. The molecule has 1 aliphatic rings. The number of rotatable bonds is 2. The van der Waals surface area contributed by atoms with Gasteiger partial charge in [0.05, 0.1) is 25.6 Å². The van der Waals surface area contributed by atoms with Gasteiger partial charge in [-0.15, -0.1) is 0 Å². The smallest absolute Gasteiger partial charge is 0.317 e. The highest BCUT2D eigenvalue weighted by atomic mass is 16.6. The van der Waals surface area contributed by atoms with Crippen molar-refractivity contribution in [1.29, 1.82) is 0 Å². The number of ether oxygens (including phenoxy) is 2. The van der Waals surface area contributed by atoms with Gasteiger partial charge in [-0.05, 0) is 6.92 Å². The van der Waals surface area contributed by atoms with E-state index in [2.05, 4.69) is 9.97 Å². The molecule has 13 heavy (non-hydrogen) atoms. The van der Waals surface area contributed by atoms with Crippen LogP contribution in [-0.2, 0) is 4.74 Å². The molecular weight excluding hydrogens is 172 g/mol. The van der Waals surface area contributed by atoms with Crippen molar-refractivity contribution in [3.8, 4) is 11.8 Å². The molecule has 70 valence electrons. The van der Waals surface area contributed by atoms with Crippen LogP contribution < -0.4 is 4.74 Å². The van der Waals surface area contributed by atoms with Crippen molar-refractivity contribution in [2.45, 2.75) is 12.5 Å². The van der Waals surface area contributed by atoms with Crippen molar-refractivity contribution in [2.75, 3.05) is 13.2 Å². The molecule has 0 atom stereocenters. The summed E-state index contributed by atoms with van der Waals surface area (Å²) in [5.74, 6) is 0.0300. The maximum Gasteiger partial charge on any atom is 0.317 e. The minimum absolute atomic E-state index is 0.0300. The van der Waals surface area contributed by atoms with Crippen LogP contribution in [0.3, 0.4) is 0 Å². The van der Waals surface area contributed by atoms with E-state index in [0.717, 1.165) is 0 Å². The summed E-state index contributed by atoms with van der Waals surface area (Å²) in [5.41, 5.74) is -0.309. The van der Waals surface area contributed by atoms with E-state index in [1.807, 2.05) is 6.92 Å². The van der Waals surface area contributed by atoms with Crippen LogP contribution in [-0.4, -0.2) is 33.9 Å². The molecule has 1 N–H and O–H groups in total. The summed E-state index contributed by atoms with van der Waals surface area (Å²) in [6.45, 7) is 3.03. The van der Waals surface area contributed by atoms with Crippen molar-refractivity contribution in [2.24, 2.45) is 0 Å². The first kappa shape index (κ1) is 8.25. The lowest BCUT2D eigenvalue weighted by molar-refractivity contribution is -0.153. The van der Waals surface area contributed by atoms with Gasteiger partial charge in [-0.3, -0.25) is 0 Å². The molecule has 1 fully saturated rings. The Bertz CT molecular complexity index is 295. The van der Waals surface area contributed by atoms with Crippen molar-refractivity contribution >= 4 is 0 Å². The molecule has 0 aromatic carbocycles. The predicted molar refractivity (Wildman–Crippen MR) is 43.5 cm³/mol. The van der Waals surface area contributed by atoms with Gasteiger partial charge < -0.3 is 14.6 Å². The number of hydrogen-bond donors (Lipinski definition) is 1. The maximum absolute atomic E-state index is 8.92. The van der Waals surface area contributed by atoms with Crippen LogP contribution in [0.15, 0.2) is 12.4 Å². The third-order valence-electron chi connectivity index (χ3n) is 1.77. The minimum Gasteiger partial charge on any atom is -0.505 e. The predicted octanol–water partition coefficient (Wildman–Crippen LogP) is 0.350. The first-order valence-corrected chi connectivity index (χ1v) is 3.96. The normalized spacial score (nSPS) is 19.2. The molecular formula is C8H10N2O3. The molecule has 0 unspecified atom stereocenters. The second-order valence-corrected chi connectivity index (χ2v) is 3.27. The third-order valence-corrected chi connectivity index (χ3v) is 1.77. The summed E-state index contributed by atoms with van der Waals surface area (Å²) in [6.07, 6.45) is 2.59. The molecule has 1 aromatic rings. The molecule has 2 rings (SSSR count). The molecule has 5 nitrogen and oxygen atoms in total. The maximum atomic E-state index is 8.92. The number of aromatic hydroxyl groups is 1. The number of hydrogen-bond acceptors (Lipinski definition) is 5. The third kappa shape index (κ3) is 1.70. The van der Waals surface area contributed by atoms with E-state index >= 15 is 0 Å². The van der Waals surface area contributed by atoms with Gasteiger partial charge in [0.2, 0.25) is 0 Å². The topological polar surface area (TPSA) is 64.5 Å². The van der Waals surface area contributed by atoms with Gasteiger partial charge in [0, 0.05) is 0 Å². The summed E-state index contributed by atoms with van der Waals surface area (Å²) in [5, 5.41) is 8.92. The fourth-order valence-corrected chi connectivity index (χ4v) is 1.03. The van der Waals surface area contributed by atoms with Crippen LogP contribution in [0.2, 0.25) is 0 Å². The van der Waals surface area contributed by atoms with Crippen LogP contribution in [0.5, 0.6) is 11.8 Å². The zero-order chi connectivity index (χ0) is 9.31. The Kier molecular flexibility index (Phi) is 1.81. The van der Waals surface area contributed by atoms with Gasteiger partial charge >= 0.3 is 6.01 Å². The van der Waals surface area contributed by atoms with Crippen LogP contribution in [0.25, 0.3) is 0 Å². The lowest BCUT2D eigenvalue weighted by Gasteiger charge is -2.36. The molecule has 5 heteroatoms. The molecule has 0 amide bonds. The molecule has 1 aromatic heterocycles. The van der Waals surface area contributed by atoms with Crippen LogP contribution in [0.1, 0.15) is 6.92 Å². The molecule has 2 heterocycles. The highest BCUT2D eigenvalue weighted by Gasteiger charge is 2.36. The molecule has 0 spiro atoms. The highest BCUT2D eigenvalue weighted by molar-refractivity contribution is 5.12. The van der Waals surface area contributed by atoms with Gasteiger partial charge in [0.25, 0.3) is 0 Å². The largest absolute Gasteiger partial charge is 0.505 e. The zero-order valence-corrected chi connectivity index (χ0v) is 7.23. The average molecular weight is 182 g/mol. The molecule has 1 aliphatic heterocycles. The van der Waals surface area contributed by atoms with Gasteiger partial charge in [0.1, 0.15) is 0 Å². The van der Waals surface area contributed by atoms with Crippen LogP contribution >= 0.6 is 0 Å². The van der Waals surface area contributed by atoms with E-state index in [1.165, 1.54) is 12.4 Å². The second-order valence-electron chi connectivity index (χ2n) is 3.27. The van der Waals surface area contributed by atoms with E-state index in [0.29, 0.717) is 13.2 Å². The van der Waals surface area contributed by atoms with Crippen molar-refractivity contribution < 1.29 is 14.6 Å². The Labute approximate surface area is 75.3 Å². The van der Waals surface area contributed by atoms with E-state index in [-0.39, 0.29) is 17.4 Å². The number of aromatic nitrogens is 2. The summed E-state index contributed by atoms with van der Waals surface area (Å²) in [6, 6.07) is 0.267. The van der Waals surface area contributed by atoms with E-state index in [1.54, 1.807) is 0 Å². The summed E-state index contributed by atoms with van der Waals surface area (Å²) in [7, 11) is 0. The standard InChI is InChI=1S/C8H10N2O3/c1-8(4-12-5-8)13-7-9-2-6(11)3-10-7/h2-3,11H,4-5H2,1H3. The molecule has 0 bridgehead atoms. The first-order valence-electron chi connectivity index (χ1n) is 3.96. The van der Waals surface area contributed by atoms with Gasteiger partial charge in [-0.25, -0.2) is 0 Å². The summed E-state index contributed by atoms with van der Waals surface area (Å²) >= 11 is 0. The zero-order valence-electron chi connectivity index (χ0n) is 7.23. The van der Waals surface area contributed by atoms with Gasteiger partial charge in [-0.2, -0.15) is 9.97 Å². The quantitative estimate of drug-likeness (QED) is 0.714. The highest BCUT2D eigenvalue weighted by Crippen LogP contribution is 2.22. The van der Waals surface area contributed by atoms with E-state index < -0.39 is 0 Å². The lowest BCUT2D eigenvalue weighted by atomic mass is 10.1. The molecule has 0 aliphatic carbocycles. The SMILES string of the molecule is CC1(Oc2ncc(O)cn2)COC1. The lowest BCUT2D eigenvalue weighted by Crippen LogP contribution is -2.51. The first-order chi connectivity index (χ1) is 6.18. The number of nitrogens with zero attached hydrogens (tertiary/aromatic N) is 2. The average Bonchev–Trinajstić information content (AvgIpc) is 2.06. The Morgan fingerprint density at radius 2 is 2.08 bits per heavy atom. The Morgan fingerprint density at radius 1 is 1.46 bits per heavy atom. The monoisotopic (exact) mass is 182 g/mol. The van der Waals surface area contributed by atoms with Crippen molar-refractivity contribution in [3.05, 3.63) is 12.4 Å². The summed E-state index contributed by atoms with van der Waals surface area (Å²) < 4.78 is 10.4.